The zero-order valence-corrected chi connectivity index (χ0v) is 11.6. The van der Waals surface area contributed by atoms with E-state index in [0.29, 0.717) is 6.54 Å². The number of aromatic nitrogens is 2. The predicted molar refractivity (Wildman–Crippen MR) is 72.2 cm³/mol. The van der Waals surface area contributed by atoms with Crippen LogP contribution < -0.4 is 5.32 Å². The number of carbonyl (C=O) groups excluding carboxylic acids is 1. The van der Waals surface area contributed by atoms with Crippen LogP contribution in [0, 0.1) is 0 Å². The number of rotatable bonds is 8. The van der Waals surface area contributed by atoms with Crippen LogP contribution in [-0.2, 0) is 17.9 Å². The summed E-state index contributed by atoms with van der Waals surface area (Å²) in [5, 5.41) is 3.32. The summed E-state index contributed by atoms with van der Waals surface area (Å²) in [6.07, 6.45) is 4.65. The second-order valence-electron chi connectivity index (χ2n) is 4.26. The van der Waals surface area contributed by atoms with Crippen molar-refractivity contribution >= 4 is 5.91 Å². The number of nitrogens with zero attached hydrogens (tertiary/aromatic N) is 3. The van der Waals surface area contributed by atoms with Gasteiger partial charge in [-0.25, -0.2) is 4.98 Å². The molecule has 0 fully saturated rings. The molecule has 1 heterocycles. The minimum Gasteiger partial charge on any atom is -0.342 e. The fourth-order valence-corrected chi connectivity index (χ4v) is 1.85. The Morgan fingerprint density at radius 1 is 1.39 bits per heavy atom. The topological polar surface area (TPSA) is 50.2 Å². The number of carbonyl (C=O) groups is 1. The van der Waals surface area contributed by atoms with E-state index in [1.807, 2.05) is 29.5 Å². The molecule has 5 nitrogen and oxygen atoms in total. The van der Waals surface area contributed by atoms with Crippen LogP contribution >= 0.6 is 0 Å². The monoisotopic (exact) mass is 252 g/mol. The molecule has 18 heavy (non-hydrogen) atoms. The standard InChI is InChI=1S/C13H24N4O/c1-4-7-14-8-12-9-15-11-17(12)10-13(18)16(5-2)6-3/h9,11,14H,4-8,10H2,1-3H3. The number of amides is 1. The van der Waals surface area contributed by atoms with E-state index in [0.717, 1.165) is 38.3 Å². The molecule has 0 aliphatic carbocycles. The van der Waals surface area contributed by atoms with Gasteiger partial charge in [0.2, 0.25) is 5.91 Å². The molecular formula is C13H24N4O. The van der Waals surface area contributed by atoms with Gasteiger partial charge in [0.1, 0.15) is 6.54 Å². The molecule has 102 valence electrons. The van der Waals surface area contributed by atoms with Crippen molar-refractivity contribution in [3.05, 3.63) is 18.2 Å². The normalized spacial score (nSPS) is 10.6. The molecule has 0 saturated heterocycles. The SMILES string of the molecule is CCCNCc1cncn1CC(=O)N(CC)CC. The number of hydrogen-bond donors (Lipinski definition) is 1. The quantitative estimate of drug-likeness (QED) is 0.708. The lowest BCUT2D eigenvalue weighted by Gasteiger charge is -2.19. The summed E-state index contributed by atoms with van der Waals surface area (Å²) in [4.78, 5) is 18.0. The van der Waals surface area contributed by atoms with Gasteiger partial charge in [0.05, 0.1) is 12.0 Å². The van der Waals surface area contributed by atoms with Gasteiger partial charge in [-0.2, -0.15) is 0 Å². The molecule has 0 saturated carbocycles. The molecule has 0 atom stereocenters. The molecule has 1 rings (SSSR count). The fraction of sp³-hybridized carbons (Fsp3) is 0.692. The Balaban J connectivity index is 2.56. The highest BCUT2D eigenvalue weighted by Gasteiger charge is 2.11. The van der Waals surface area contributed by atoms with Gasteiger partial charge in [-0.3, -0.25) is 4.79 Å². The van der Waals surface area contributed by atoms with Gasteiger partial charge in [0, 0.05) is 25.8 Å². The molecule has 1 aromatic rings. The van der Waals surface area contributed by atoms with Gasteiger partial charge in [-0.05, 0) is 26.8 Å². The van der Waals surface area contributed by atoms with Crippen LogP contribution in [0.4, 0.5) is 0 Å². The number of likely N-dealkylation sites (N-methyl/N-ethyl adjacent to an activating group) is 1. The first-order valence-electron chi connectivity index (χ1n) is 6.70. The summed E-state index contributed by atoms with van der Waals surface area (Å²) in [5.41, 5.74) is 1.06. The van der Waals surface area contributed by atoms with Crippen LogP contribution in [0.25, 0.3) is 0 Å². The molecular weight excluding hydrogens is 228 g/mol. The summed E-state index contributed by atoms with van der Waals surface area (Å²) in [5.74, 6) is 0.148. The third-order valence-electron chi connectivity index (χ3n) is 2.95. The molecule has 0 bridgehead atoms. The van der Waals surface area contributed by atoms with Gasteiger partial charge in [0.15, 0.2) is 0 Å². The average Bonchev–Trinajstić information content (AvgIpc) is 2.79. The van der Waals surface area contributed by atoms with Crippen molar-refractivity contribution in [2.45, 2.75) is 40.3 Å². The molecule has 1 N–H and O–H groups in total. The Morgan fingerprint density at radius 2 is 2.11 bits per heavy atom. The van der Waals surface area contributed by atoms with Crippen LogP contribution in [-0.4, -0.2) is 40.0 Å². The van der Waals surface area contributed by atoms with Gasteiger partial charge >= 0.3 is 0 Å². The summed E-state index contributed by atoms with van der Waals surface area (Å²) in [6.45, 7) is 9.77. The van der Waals surface area contributed by atoms with Gasteiger partial charge in [-0.1, -0.05) is 6.92 Å². The van der Waals surface area contributed by atoms with Crippen molar-refractivity contribution in [2.75, 3.05) is 19.6 Å². The maximum atomic E-state index is 12.0. The van der Waals surface area contributed by atoms with E-state index in [9.17, 15) is 4.79 Å². The van der Waals surface area contributed by atoms with E-state index in [1.54, 1.807) is 6.33 Å². The molecule has 0 aliphatic heterocycles. The summed E-state index contributed by atoms with van der Waals surface area (Å²) in [7, 11) is 0. The third kappa shape index (κ3) is 4.14. The van der Waals surface area contributed by atoms with Crippen LogP contribution in [0.1, 0.15) is 32.9 Å². The van der Waals surface area contributed by atoms with E-state index >= 15 is 0 Å². The van der Waals surface area contributed by atoms with Crippen LogP contribution in [0.3, 0.4) is 0 Å². The largest absolute Gasteiger partial charge is 0.342 e. The highest BCUT2D eigenvalue weighted by molar-refractivity contribution is 5.76. The zero-order valence-electron chi connectivity index (χ0n) is 11.6. The van der Waals surface area contributed by atoms with E-state index in [1.165, 1.54) is 0 Å². The van der Waals surface area contributed by atoms with Crippen molar-refractivity contribution in [3.63, 3.8) is 0 Å². The lowest BCUT2D eigenvalue weighted by Crippen LogP contribution is -2.33. The van der Waals surface area contributed by atoms with Crippen molar-refractivity contribution in [3.8, 4) is 0 Å². The van der Waals surface area contributed by atoms with Crippen LogP contribution in [0.5, 0.6) is 0 Å². The molecule has 0 spiro atoms. The highest BCUT2D eigenvalue weighted by atomic mass is 16.2. The third-order valence-corrected chi connectivity index (χ3v) is 2.95. The Morgan fingerprint density at radius 3 is 2.72 bits per heavy atom. The van der Waals surface area contributed by atoms with Crippen LogP contribution in [0.2, 0.25) is 0 Å². The number of nitrogens with one attached hydrogen (secondary N) is 1. The lowest BCUT2D eigenvalue weighted by atomic mass is 10.4. The maximum absolute atomic E-state index is 12.0. The predicted octanol–water partition coefficient (Wildman–Crippen LogP) is 1.25. The highest BCUT2D eigenvalue weighted by Crippen LogP contribution is 2.01. The molecule has 0 radical (unpaired) electrons. The van der Waals surface area contributed by atoms with E-state index in [2.05, 4.69) is 17.2 Å². The Bertz CT molecular complexity index is 358. The number of hydrogen-bond acceptors (Lipinski definition) is 3. The van der Waals surface area contributed by atoms with Crippen LogP contribution in [0.15, 0.2) is 12.5 Å². The summed E-state index contributed by atoms with van der Waals surface area (Å²) < 4.78 is 1.92. The first kappa shape index (κ1) is 14.7. The molecule has 0 unspecified atom stereocenters. The second kappa shape index (κ2) is 7.87. The van der Waals surface area contributed by atoms with Gasteiger partial charge < -0.3 is 14.8 Å². The second-order valence-corrected chi connectivity index (χ2v) is 4.26. The minimum absolute atomic E-state index is 0.148. The van der Waals surface area contributed by atoms with Crippen molar-refractivity contribution in [2.24, 2.45) is 0 Å². The molecule has 1 amide bonds. The molecule has 0 aromatic carbocycles. The summed E-state index contributed by atoms with van der Waals surface area (Å²) in [6, 6.07) is 0. The van der Waals surface area contributed by atoms with E-state index in [4.69, 9.17) is 0 Å². The van der Waals surface area contributed by atoms with Gasteiger partial charge in [0.25, 0.3) is 0 Å². The Labute approximate surface area is 109 Å². The Kier molecular flexibility index (Phi) is 6.43. The zero-order chi connectivity index (χ0) is 13.4. The maximum Gasteiger partial charge on any atom is 0.242 e. The van der Waals surface area contributed by atoms with Crippen molar-refractivity contribution in [1.82, 2.24) is 19.8 Å². The molecule has 1 aromatic heterocycles. The number of imidazole rings is 1. The fourth-order valence-electron chi connectivity index (χ4n) is 1.85. The van der Waals surface area contributed by atoms with E-state index in [-0.39, 0.29) is 5.91 Å². The minimum atomic E-state index is 0.148. The average molecular weight is 252 g/mol. The molecule has 0 aliphatic rings. The lowest BCUT2D eigenvalue weighted by molar-refractivity contribution is -0.131. The first-order chi connectivity index (χ1) is 8.72. The first-order valence-corrected chi connectivity index (χ1v) is 6.70. The van der Waals surface area contributed by atoms with E-state index < -0.39 is 0 Å². The molecule has 5 heteroatoms. The Hall–Kier alpha value is -1.36. The van der Waals surface area contributed by atoms with Gasteiger partial charge in [-0.15, -0.1) is 0 Å². The smallest absolute Gasteiger partial charge is 0.242 e. The van der Waals surface area contributed by atoms with Crippen molar-refractivity contribution in [1.29, 1.82) is 0 Å². The summed E-state index contributed by atoms with van der Waals surface area (Å²) >= 11 is 0. The van der Waals surface area contributed by atoms with Crippen molar-refractivity contribution < 1.29 is 4.79 Å².